The van der Waals surface area contributed by atoms with E-state index in [1.165, 1.54) is 18.4 Å². The van der Waals surface area contributed by atoms with Crippen LogP contribution in [0.4, 0.5) is 0 Å². The third-order valence-corrected chi connectivity index (χ3v) is 3.00. The Balaban J connectivity index is 2.30. The van der Waals surface area contributed by atoms with E-state index in [2.05, 4.69) is 53.7 Å². The van der Waals surface area contributed by atoms with Crippen molar-refractivity contribution in [2.45, 2.75) is 71.5 Å². The van der Waals surface area contributed by atoms with Gasteiger partial charge in [0.05, 0.1) is 6.10 Å². The maximum atomic E-state index is 6.00. The molecule has 1 aliphatic rings. The lowest BCUT2D eigenvalue weighted by Crippen LogP contribution is -2.23. The highest BCUT2D eigenvalue weighted by Gasteiger charge is 2.25. The Kier molecular flexibility index (Phi) is 3.55. The summed E-state index contributed by atoms with van der Waals surface area (Å²) in [5.74, 6) is 1.84. The lowest BCUT2D eigenvalue weighted by molar-refractivity contribution is 0.130. The molecule has 19 heavy (non-hydrogen) atoms. The zero-order chi connectivity index (χ0) is 14.3. The summed E-state index contributed by atoms with van der Waals surface area (Å²) in [6.07, 6.45) is 2.77. The first-order valence-electron chi connectivity index (χ1n) is 7.15. The molecule has 0 amide bonds. The second kappa shape index (κ2) is 4.73. The Hall–Kier alpha value is -1.18. The molecule has 0 aliphatic heterocycles. The van der Waals surface area contributed by atoms with Crippen molar-refractivity contribution in [1.29, 1.82) is 0 Å². The SMILES string of the molecule is CC(C)(C)Oc1cc(OC2CC2)cc(C(C)(C)C)c1. The Bertz CT molecular complexity index is 445. The molecule has 1 fully saturated rings. The summed E-state index contributed by atoms with van der Waals surface area (Å²) < 4.78 is 11.9. The Morgan fingerprint density at radius 3 is 1.95 bits per heavy atom. The maximum absolute atomic E-state index is 6.00. The molecule has 2 nitrogen and oxygen atoms in total. The van der Waals surface area contributed by atoms with Gasteiger partial charge < -0.3 is 9.47 Å². The van der Waals surface area contributed by atoms with E-state index < -0.39 is 0 Å². The quantitative estimate of drug-likeness (QED) is 0.786. The molecule has 106 valence electrons. The molecule has 0 N–H and O–H groups in total. The fraction of sp³-hybridized carbons (Fsp3) is 0.647. The van der Waals surface area contributed by atoms with E-state index in [0.717, 1.165) is 11.5 Å². The standard InChI is InChI=1S/C17H26O2/c1-16(2,3)12-9-14(18-13-7-8-13)11-15(10-12)19-17(4,5)6/h9-11,13H,7-8H2,1-6H3. The van der Waals surface area contributed by atoms with Gasteiger partial charge in [0.25, 0.3) is 0 Å². The molecule has 0 aromatic heterocycles. The van der Waals surface area contributed by atoms with Crippen molar-refractivity contribution in [3.8, 4) is 11.5 Å². The zero-order valence-corrected chi connectivity index (χ0v) is 13.0. The Morgan fingerprint density at radius 2 is 1.47 bits per heavy atom. The van der Waals surface area contributed by atoms with Crippen LogP contribution < -0.4 is 9.47 Å². The molecule has 0 spiro atoms. The zero-order valence-electron chi connectivity index (χ0n) is 13.0. The van der Waals surface area contributed by atoms with Crippen molar-refractivity contribution in [2.75, 3.05) is 0 Å². The van der Waals surface area contributed by atoms with Crippen LogP contribution in [0, 0.1) is 0 Å². The topological polar surface area (TPSA) is 18.5 Å². The summed E-state index contributed by atoms with van der Waals surface area (Å²) >= 11 is 0. The van der Waals surface area contributed by atoms with Crippen LogP contribution in [0.2, 0.25) is 0 Å². The minimum atomic E-state index is -0.187. The lowest BCUT2D eigenvalue weighted by atomic mass is 9.87. The summed E-state index contributed by atoms with van der Waals surface area (Å²) in [4.78, 5) is 0. The van der Waals surface area contributed by atoms with Gasteiger partial charge in [0.1, 0.15) is 17.1 Å². The van der Waals surface area contributed by atoms with Gasteiger partial charge in [-0.25, -0.2) is 0 Å². The highest BCUT2D eigenvalue weighted by atomic mass is 16.5. The number of rotatable bonds is 3. The second-order valence-electron chi connectivity index (χ2n) is 7.47. The smallest absolute Gasteiger partial charge is 0.124 e. The van der Waals surface area contributed by atoms with Gasteiger partial charge in [-0.1, -0.05) is 20.8 Å². The van der Waals surface area contributed by atoms with Crippen molar-refractivity contribution < 1.29 is 9.47 Å². The Labute approximate surface area is 117 Å². The predicted octanol–water partition coefficient (Wildman–Crippen LogP) is 4.70. The van der Waals surface area contributed by atoms with E-state index in [-0.39, 0.29) is 11.0 Å². The summed E-state index contributed by atoms with van der Waals surface area (Å²) in [6, 6.07) is 6.29. The molecule has 0 saturated heterocycles. The highest BCUT2D eigenvalue weighted by Crippen LogP contribution is 2.35. The predicted molar refractivity (Wildman–Crippen MR) is 79.2 cm³/mol. The van der Waals surface area contributed by atoms with Gasteiger partial charge in [0.2, 0.25) is 0 Å². The molecule has 0 radical (unpaired) electrons. The molecule has 2 heteroatoms. The number of benzene rings is 1. The van der Waals surface area contributed by atoms with Crippen LogP contribution in [-0.4, -0.2) is 11.7 Å². The van der Waals surface area contributed by atoms with Gasteiger partial charge in [-0.3, -0.25) is 0 Å². The van der Waals surface area contributed by atoms with Crippen LogP contribution in [0.25, 0.3) is 0 Å². The van der Waals surface area contributed by atoms with Gasteiger partial charge in [-0.2, -0.15) is 0 Å². The molecule has 1 saturated carbocycles. The molecule has 1 aromatic rings. The largest absolute Gasteiger partial charge is 0.490 e. The van der Waals surface area contributed by atoms with Gasteiger partial charge in [-0.05, 0) is 56.7 Å². The highest BCUT2D eigenvalue weighted by molar-refractivity contribution is 5.41. The van der Waals surface area contributed by atoms with Gasteiger partial charge in [-0.15, -0.1) is 0 Å². The molecule has 1 aliphatic carbocycles. The van der Waals surface area contributed by atoms with Crippen LogP contribution >= 0.6 is 0 Å². The van der Waals surface area contributed by atoms with Crippen molar-refractivity contribution >= 4 is 0 Å². The molecular weight excluding hydrogens is 236 g/mol. The number of hydrogen-bond acceptors (Lipinski definition) is 2. The van der Waals surface area contributed by atoms with Crippen LogP contribution in [0.5, 0.6) is 11.5 Å². The minimum absolute atomic E-state index is 0.0961. The van der Waals surface area contributed by atoms with E-state index in [0.29, 0.717) is 6.10 Å². The first kappa shape index (κ1) is 14.2. The molecule has 0 atom stereocenters. The van der Waals surface area contributed by atoms with E-state index >= 15 is 0 Å². The minimum Gasteiger partial charge on any atom is -0.490 e. The third kappa shape index (κ3) is 4.45. The average Bonchev–Trinajstić information content (AvgIpc) is 2.96. The van der Waals surface area contributed by atoms with Crippen molar-refractivity contribution in [1.82, 2.24) is 0 Å². The van der Waals surface area contributed by atoms with Crippen molar-refractivity contribution in [3.63, 3.8) is 0 Å². The van der Waals surface area contributed by atoms with Crippen LogP contribution in [-0.2, 0) is 5.41 Å². The van der Waals surface area contributed by atoms with Crippen LogP contribution in [0.1, 0.15) is 59.9 Å². The van der Waals surface area contributed by atoms with E-state index in [1.54, 1.807) is 0 Å². The van der Waals surface area contributed by atoms with E-state index in [1.807, 2.05) is 6.07 Å². The van der Waals surface area contributed by atoms with Gasteiger partial charge in [0.15, 0.2) is 0 Å². The normalized spacial score (nSPS) is 16.3. The fourth-order valence-electron chi connectivity index (χ4n) is 1.86. The molecular formula is C17H26O2. The monoisotopic (exact) mass is 262 g/mol. The fourth-order valence-corrected chi connectivity index (χ4v) is 1.86. The second-order valence-corrected chi connectivity index (χ2v) is 7.47. The molecule has 0 bridgehead atoms. The number of ether oxygens (including phenoxy) is 2. The summed E-state index contributed by atoms with van der Waals surface area (Å²) in [5, 5.41) is 0. The average molecular weight is 262 g/mol. The summed E-state index contributed by atoms with van der Waals surface area (Å²) in [7, 11) is 0. The van der Waals surface area contributed by atoms with E-state index in [9.17, 15) is 0 Å². The van der Waals surface area contributed by atoms with Crippen molar-refractivity contribution in [2.24, 2.45) is 0 Å². The molecule has 0 heterocycles. The molecule has 2 rings (SSSR count). The molecule has 0 unspecified atom stereocenters. The first-order chi connectivity index (χ1) is 8.63. The summed E-state index contributed by atoms with van der Waals surface area (Å²) in [5.41, 5.74) is 1.16. The Morgan fingerprint density at radius 1 is 0.895 bits per heavy atom. The van der Waals surface area contributed by atoms with Crippen molar-refractivity contribution in [3.05, 3.63) is 23.8 Å². The summed E-state index contributed by atoms with van der Waals surface area (Å²) in [6.45, 7) is 12.8. The van der Waals surface area contributed by atoms with Crippen LogP contribution in [0.3, 0.4) is 0 Å². The van der Waals surface area contributed by atoms with E-state index in [4.69, 9.17) is 9.47 Å². The van der Waals surface area contributed by atoms with Gasteiger partial charge >= 0.3 is 0 Å². The maximum Gasteiger partial charge on any atom is 0.124 e. The lowest BCUT2D eigenvalue weighted by Gasteiger charge is -2.25. The van der Waals surface area contributed by atoms with Crippen LogP contribution in [0.15, 0.2) is 18.2 Å². The molecule has 1 aromatic carbocycles. The number of hydrogen-bond donors (Lipinski definition) is 0. The third-order valence-electron chi connectivity index (χ3n) is 3.00. The first-order valence-corrected chi connectivity index (χ1v) is 7.15. The van der Waals surface area contributed by atoms with Gasteiger partial charge in [0, 0.05) is 6.07 Å².